The van der Waals surface area contributed by atoms with E-state index in [1.807, 2.05) is 22.7 Å². The summed E-state index contributed by atoms with van der Waals surface area (Å²) in [5.74, 6) is -0.177. The third-order valence-electron chi connectivity index (χ3n) is 3.91. The zero-order valence-electron chi connectivity index (χ0n) is 10.9. The minimum absolute atomic E-state index is 0.137. The fourth-order valence-electron chi connectivity index (χ4n) is 2.55. The molecule has 1 aliphatic rings. The van der Waals surface area contributed by atoms with Crippen molar-refractivity contribution < 1.29 is 9.90 Å². The van der Waals surface area contributed by atoms with E-state index in [0.29, 0.717) is 18.1 Å². The molecule has 0 bridgehead atoms. The Morgan fingerprint density at radius 2 is 2.32 bits per heavy atom. The SMILES string of the molecule is CN(Cc1nc(C(=O)O)c2ccccn12)C1CCC1. The molecule has 19 heavy (non-hydrogen) atoms. The van der Waals surface area contributed by atoms with E-state index in [4.69, 9.17) is 0 Å². The van der Waals surface area contributed by atoms with E-state index in [2.05, 4.69) is 16.9 Å². The standard InChI is InChI=1S/C14H17N3O2/c1-16(10-5-4-6-10)9-12-15-13(14(18)19)11-7-2-3-8-17(11)12/h2-3,7-8,10H,4-6,9H2,1H3,(H,18,19). The molecule has 2 aromatic rings. The Morgan fingerprint density at radius 3 is 2.95 bits per heavy atom. The van der Waals surface area contributed by atoms with Crippen LogP contribution in [-0.2, 0) is 6.54 Å². The van der Waals surface area contributed by atoms with Crippen LogP contribution in [-0.4, -0.2) is 38.4 Å². The molecule has 1 fully saturated rings. The van der Waals surface area contributed by atoms with Crippen molar-refractivity contribution in [2.24, 2.45) is 0 Å². The number of carboxylic acids is 1. The number of carbonyl (C=O) groups is 1. The smallest absolute Gasteiger partial charge is 0.356 e. The van der Waals surface area contributed by atoms with Gasteiger partial charge >= 0.3 is 5.97 Å². The highest BCUT2D eigenvalue weighted by atomic mass is 16.4. The van der Waals surface area contributed by atoms with Gasteiger partial charge in [-0.05, 0) is 32.0 Å². The molecule has 2 aromatic heterocycles. The average Bonchev–Trinajstić information content (AvgIpc) is 2.66. The molecule has 5 nitrogen and oxygen atoms in total. The number of fused-ring (bicyclic) bond motifs is 1. The lowest BCUT2D eigenvalue weighted by Gasteiger charge is -2.34. The van der Waals surface area contributed by atoms with Gasteiger partial charge in [-0.3, -0.25) is 4.90 Å². The van der Waals surface area contributed by atoms with E-state index in [-0.39, 0.29) is 5.69 Å². The van der Waals surface area contributed by atoms with E-state index in [0.717, 1.165) is 5.82 Å². The summed E-state index contributed by atoms with van der Waals surface area (Å²) in [6.45, 7) is 0.684. The van der Waals surface area contributed by atoms with Gasteiger partial charge in [-0.2, -0.15) is 0 Å². The number of rotatable bonds is 4. The van der Waals surface area contributed by atoms with Crippen molar-refractivity contribution in [1.82, 2.24) is 14.3 Å². The first-order valence-electron chi connectivity index (χ1n) is 6.56. The molecule has 100 valence electrons. The molecule has 0 atom stereocenters. The van der Waals surface area contributed by atoms with Gasteiger partial charge in [0.1, 0.15) is 5.82 Å². The first-order valence-corrected chi connectivity index (χ1v) is 6.56. The Bertz CT molecular complexity index is 616. The Balaban J connectivity index is 1.96. The Hall–Kier alpha value is -1.88. The second-order valence-electron chi connectivity index (χ2n) is 5.14. The van der Waals surface area contributed by atoms with E-state index in [1.54, 1.807) is 6.07 Å². The van der Waals surface area contributed by atoms with Crippen molar-refractivity contribution in [3.05, 3.63) is 35.9 Å². The summed E-state index contributed by atoms with van der Waals surface area (Å²) in [5, 5.41) is 9.21. The summed E-state index contributed by atoms with van der Waals surface area (Å²) >= 11 is 0. The number of imidazole rings is 1. The normalized spacial score (nSPS) is 15.9. The van der Waals surface area contributed by atoms with Crippen LogP contribution in [0, 0.1) is 0 Å². The van der Waals surface area contributed by atoms with E-state index < -0.39 is 5.97 Å². The van der Waals surface area contributed by atoms with Crippen molar-refractivity contribution in [2.75, 3.05) is 7.05 Å². The quantitative estimate of drug-likeness (QED) is 0.912. The first kappa shape index (κ1) is 12.2. The molecule has 0 aliphatic heterocycles. The summed E-state index contributed by atoms with van der Waals surface area (Å²) in [6.07, 6.45) is 5.62. The fourth-order valence-corrected chi connectivity index (χ4v) is 2.55. The van der Waals surface area contributed by atoms with Gasteiger partial charge in [-0.15, -0.1) is 0 Å². The summed E-state index contributed by atoms with van der Waals surface area (Å²) in [6, 6.07) is 6.14. The summed E-state index contributed by atoms with van der Waals surface area (Å²) in [7, 11) is 2.08. The van der Waals surface area contributed by atoms with Gasteiger partial charge in [-0.25, -0.2) is 9.78 Å². The summed E-state index contributed by atoms with van der Waals surface area (Å²) in [5.41, 5.74) is 0.796. The van der Waals surface area contributed by atoms with Crippen LogP contribution in [0.5, 0.6) is 0 Å². The minimum Gasteiger partial charge on any atom is -0.476 e. The maximum absolute atomic E-state index is 11.2. The lowest BCUT2D eigenvalue weighted by molar-refractivity contribution is 0.0693. The highest BCUT2D eigenvalue weighted by Gasteiger charge is 2.24. The second-order valence-corrected chi connectivity index (χ2v) is 5.14. The van der Waals surface area contributed by atoms with Crippen LogP contribution in [0.1, 0.15) is 35.6 Å². The number of hydrogen-bond donors (Lipinski definition) is 1. The number of nitrogens with zero attached hydrogens (tertiary/aromatic N) is 3. The van der Waals surface area contributed by atoms with Crippen molar-refractivity contribution in [1.29, 1.82) is 0 Å². The van der Waals surface area contributed by atoms with Gasteiger partial charge in [0, 0.05) is 12.2 Å². The van der Waals surface area contributed by atoms with Crippen molar-refractivity contribution in [2.45, 2.75) is 31.8 Å². The molecular formula is C14H17N3O2. The topological polar surface area (TPSA) is 57.8 Å². The van der Waals surface area contributed by atoms with E-state index in [9.17, 15) is 9.90 Å². The third kappa shape index (κ3) is 2.10. The van der Waals surface area contributed by atoms with Gasteiger partial charge in [0.2, 0.25) is 0 Å². The predicted octanol–water partition coefficient (Wildman–Crippen LogP) is 2.02. The lowest BCUT2D eigenvalue weighted by atomic mass is 9.92. The number of pyridine rings is 1. The predicted molar refractivity (Wildman–Crippen MR) is 71.3 cm³/mol. The van der Waals surface area contributed by atoms with Crippen LogP contribution >= 0.6 is 0 Å². The number of aromatic carboxylic acids is 1. The first-order chi connectivity index (χ1) is 9.16. The van der Waals surface area contributed by atoms with E-state index in [1.165, 1.54) is 19.3 Å². The molecule has 0 amide bonds. The van der Waals surface area contributed by atoms with Crippen molar-refractivity contribution in [3.63, 3.8) is 0 Å². The third-order valence-corrected chi connectivity index (χ3v) is 3.91. The Labute approximate surface area is 111 Å². The van der Waals surface area contributed by atoms with Crippen molar-refractivity contribution in [3.8, 4) is 0 Å². The van der Waals surface area contributed by atoms with Gasteiger partial charge in [0.15, 0.2) is 5.69 Å². The highest BCUT2D eigenvalue weighted by molar-refractivity contribution is 5.93. The van der Waals surface area contributed by atoms with Gasteiger partial charge < -0.3 is 9.51 Å². The van der Waals surface area contributed by atoms with Gasteiger partial charge in [0.25, 0.3) is 0 Å². The maximum atomic E-state index is 11.2. The summed E-state index contributed by atoms with van der Waals surface area (Å²) < 4.78 is 1.87. The van der Waals surface area contributed by atoms with Crippen molar-refractivity contribution >= 4 is 11.5 Å². The minimum atomic E-state index is -0.971. The zero-order valence-corrected chi connectivity index (χ0v) is 10.9. The van der Waals surface area contributed by atoms with Crippen LogP contribution in [0.15, 0.2) is 24.4 Å². The number of carboxylic acid groups (broad SMARTS) is 1. The van der Waals surface area contributed by atoms with E-state index >= 15 is 0 Å². The van der Waals surface area contributed by atoms with Crippen LogP contribution in [0.4, 0.5) is 0 Å². The highest BCUT2D eigenvalue weighted by Crippen LogP contribution is 2.25. The maximum Gasteiger partial charge on any atom is 0.356 e. The summed E-state index contributed by atoms with van der Waals surface area (Å²) in [4.78, 5) is 17.8. The van der Waals surface area contributed by atoms with Crippen LogP contribution in [0.25, 0.3) is 5.52 Å². The molecule has 0 spiro atoms. The lowest BCUT2D eigenvalue weighted by Crippen LogP contribution is -2.37. The number of hydrogen-bond acceptors (Lipinski definition) is 3. The molecule has 0 aromatic carbocycles. The second kappa shape index (κ2) is 4.66. The molecule has 0 radical (unpaired) electrons. The van der Waals surface area contributed by atoms with Gasteiger partial charge in [0.05, 0.1) is 12.1 Å². The molecule has 1 aliphatic carbocycles. The van der Waals surface area contributed by atoms with Crippen LogP contribution in [0.3, 0.4) is 0 Å². The molecule has 2 heterocycles. The number of aromatic nitrogens is 2. The van der Waals surface area contributed by atoms with Crippen LogP contribution < -0.4 is 0 Å². The average molecular weight is 259 g/mol. The molecule has 3 rings (SSSR count). The Kier molecular flexibility index (Phi) is 2.98. The molecule has 0 saturated heterocycles. The Morgan fingerprint density at radius 1 is 1.53 bits per heavy atom. The molecular weight excluding hydrogens is 242 g/mol. The molecule has 5 heteroatoms. The zero-order chi connectivity index (χ0) is 13.4. The monoisotopic (exact) mass is 259 g/mol. The molecule has 1 saturated carbocycles. The fraction of sp³-hybridized carbons (Fsp3) is 0.429. The van der Waals surface area contributed by atoms with Gasteiger partial charge in [-0.1, -0.05) is 12.5 Å². The van der Waals surface area contributed by atoms with Crippen LogP contribution in [0.2, 0.25) is 0 Å². The largest absolute Gasteiger partial charge is 0.476 e. The molecule has 0 unspecified atom stereocenters. The molecule has 1 N–H and O–H groups in total.